The highest BCUT2D eigenvalue weighted by molar-refractivity contribution is 8.01. The van der Waals surface area contributed by atoms with E-state index in [1.807, 2.05) is 36.6 Å². The molecule has 2 aromatic rings. The summed E-state index contributed by atoms with van der Waals surface area (Å²) in [6, 6.07) is 7.73. The first kappa shape index (κ1) is 23.1. The van der Waals surface area contributed by atoms with Gasteiger partial charge in [-0.15, -0.1) is 11.3 Å². The Bertz CT molecular complexity index is 947. The second kappa shape index (κ2) is 10.7. The van der Waals surface area contributed by atoms with Crippen LogP contribution in [0.1, 0.15) is 24.1 Å². The smallest absolute Gasteiger partial charge is 0.242 e. The lowest BCUT2D eigenvalue weighted by molar-refractivity contribution is -0.137. The van der Waals surface area contributed by atoms with Crippen LogP contribution in [-0.4, -0.2) is 71.8 Å². The third-order valence-corrected chi connectivity index (χ3v) is 7.69. The summed E-state index contributed by atoms with van der Waals surface area (Å²) in [7, 11) is 1.63. The summed E-state index contributed by atoms with van der Waals surface area (Å²) in [5, 5.41) is 1.97. The number of benzene rings is 1. The van der Waals surface area contributed by atoms with Gasteiger partial charge in [-0.3, -0.25) is 9.59 Å². The van der Waals surface area contributed by atoms with Crippen LogP contribution in [-0.2, 0) is 20.9 Å². The Labute approximate surface area is 197 Å². The topological polar surface area (TPSA) is 72.0 Å². The molecule has 7 nitrogen and oxygen atoms in total. The van der Waals surface area contributed by atoms with Crippen LogP contribution in [0.3, 0.4) is 0 Å². The largest absolute Gasteiger partial charge is 0.497 e. The molecule has 1 atom stereocenters. The number of ether oxygens (including phenoxy) is 2. The fourth-order valence-corrected chi connectivity index (χ4v) is 5.34. The van der Waals surface area contributed by atoms with Crippen LogP contribution in [0.25, 0.3) is 0 Å². The van der Waals surface area contributed by atoms with Crippen LogP contribution in [0.4, 0.5) is 0 Å². The van der Waals surface area contributed by atoms with Crippen molar-refractivity contribution in [3.8, 4) is 5.75 Å². The normalized spacial score (nSPS) is 19.2. The van der Waals surface area contributed by atoms with Crippen LogP contribution in [0.2, 0.25) is 0 Å². The number of carbonyl (C=O) groups excluding carboxylic acids is 2. The summed E-state index contributed by atoms with van der Waals surface area (Å²) >= 11 is 2.96. The Hall–Kier alpha value is -2.10. The van der Waals surface area contributed by atoms with Gasteiger partial charge in [0, 0.05) is 37.3 Å². The van der Waals surface area contributed by atoms with Crippen molar-refractivity contribution < 1.29 is 19.1 Å². The summed E-state index contributed by atoms with van der Waals surface area (Å²) in [5.41, 5.74) is 1.95. The second-order valence-electron chi connectivity index (χ2n) is 8.34. The van der Waals surface area contributed by atoms with E-state index in [0.717, 1.165) is 21.3 Å². The molecule has 2 amide bonds. The van der Waals surface area contributed by atoms with Crippen LogP contribution in [0.15, 0.2) is 34.0 Å². The van der Waals surface area contributed by atoms with Crippen molar-refractivity contribution in [2.45, 2.75) is 36.8 Å². The Morgan fingerprint density at radius 2 is 2.16 bits per heavy atom. The number of thioether (sulfide) groups is 1. The number of methoxy groups -OCH3 is 1. The molecule has 1 aliphatic carbocycles. The maximum absolute atomic E-state index is 13.1. The Balaban J connectivity index is 1.42. The standard InChI is InChI=1S/C23H29N3O4S2/c1-16-14-31-23(24-16)32-15-22(28)26-11-20(30-13-17-6-7-17)10-25(21(27)12-26)9-18-4-3-5-19(8-18)29-2/h3-5,8,14,17,20H,6-7,9-13,15H2,1-2H3. The van der Waals surface area contributed by atoms with E-state index < -0.39 is 0 Å². The first-order valence-electron chi connectivity index (χ1n) is 10.8. The van der Waals surface area contributed by atoms with E-state index in [2.05, 4.69) is 4.98 Å². The minimum Gasteiger partial charge on any atom is -0.497 e. The van der Waals surface area contributed by atoms with Gasteiger partial charge in [0.05, 0.1) is 25.5 Å². The predicted octanol–water partition coefficient (Wildman–Crippen LogP) is 3.22. The van der Waals surface area contributed by atoms with E-state index in [4.69, 9.17) is 9.47 Å². The highest BCUT2D eigenvalue weighted by Crippen LogP contribution is 2.30. The average molecular weight is 476 g/mol. The van der Waals surface area contributed by atoms with E-state index >= 15 is 0 Å². The lowest BCUT2D eigenvalue weighted by Gasteiger charge is -2.25. The molecule has 2 aliphatic rings. The summed E-state index contributed by atoms with van der Waals surface area (Å²) in [4.78, 5) is 33.9. The number of hydrogen-bond donors (Lipinski definition) is 0. The summed E-state index contributed by atoms with van der Waals surface area (Å²) in [6.07, 6.45) is 2.21. The molecule has 0 spiro atoms. The van der Waals surface area contributed by atoms with Crippen molar-refractivity contribution >= 4 is 34.9 Å². The lowest BCUT2D eigenvalue weighted by Crippen LogP contribution is -2.40. The average Bonchev–Trinajstić information content (AvgIpc) is 3.55. The molecule has 4 rings (SSSR count). The van der Waals surface area contributed by atoms with Crippen LogP contribution in [0.5, 0.6) is 5.75 Å². The Morgan fingerprint density at radius 3 is 2.88 bits per heavy atom. The van der Waals surface area contributed by atoms with Crippen molar-refractivity contribution in [2.24, 2.45) is 5.92 Å². The van der Waals surface area contributed by atoms with Gasteiger partial charge in [0.2, 0.25) is 11.8 Å². The maximum atomic E-state index is 13.1. The monoisotopic (exact) mass is 475 g/mol. The molecule has 172 valence electrons. The SMILES string of the molecule is COc1cccc(CN2CC(OCC3CC3)CN(C(=O)CSc3nc(C)cs3)CC2=O)c1. The molecule has 1 saturated carbocycles. The van der Waals surface area contributed by atoms with Crippen LogP contribution < -0.4 is 4.74 Å². The minimum absolute atomic E-state index is 0.0561. The molecule has 2 fully saturated rings. The number of amides is 2. The Kier molecular flexibility index (Phi) is 7.70. The second-order valence-corrected chi connectivity index (χ2v) is 10.4. The summed E-state index contributed by atoms with van der Waals surface area (Å²) < 4.78 is 12.4. The lowest BCUT2D eigenvalue weighted by atomic mass is 10.2. The first-order valence-corrected chi connectivity index (χ1v) is 12.7. The molecule has 1 saturated heterocycles. The predicted molar refractivity (Wildman–Crippen MR) is 125 cm³/mol. The number of aromatic nitrogens is 1. The molecule has 1 aromatic heterocycles. The van der Waals surface area contributed by atoms with Crippen LogP contribution >= 0.6 is 23.1 Å². The van der Waals surface area contributed by atoms with Crippen molar-refractivity contribution in [2.75, 3.05) is 39.1 Å². The fourth-order valence-electron chi connectivity index (χ4n) is 3.59. The van der Waals surface area contributed by atoms with E-state index in [-0.39, 0.29) is 30.2 Å². The van der Waals surface area contributed by atoms with Gasteiger partial charge in [0.25, 0.3) is 0 Å². The van der Waals surface area contributed by atoms with Crippen LogP contribution in [0, 0.1) is 12.8 Å². The van der Waals surface area contributed by atoms with Gasteiger partial charge in [0.1, 0.15) is 5.75 Å². The molecule has 2 heterocycles. The molecule has 1 aliphatic heterocycles. The zero-order valence-electron chi connectivity index (χ0n) is 18.5. The number of thiazole rings is 1. The molecule has 1 aromatic carbocycles. The highest BCUT2D eigenvalue weighted by Gasteiger charge is 2.32. The van der Waals surface area contributed by atoms with Crippen molar-refractivity contribution in [1.29, 1.82) is 0 Å². The molecule has 1 unspecified atom stereocenters. The Morgan fingerprint density at radius 1 is 1.31 bits per heavy atom. The highest BCUT2D eigenvalue weighted by atomic mass is 32.2. The molecule has 32 heavy (non-hydrogen) atoms. The molecule has 9 heteroatoms. The minimum atomic E-state index is -0.191. The molecular weight excluding hydrogens is 446 g/mol. The number of rotatable bonds is 9. The third-order valence-electron chi connectivity index (χ3n) is 5.57. The van der Waals surface area contributed by atoms with Gasteiger partial charge >= 0.3 is 0 Å². The molecule has 0 N–H and O–H groups in total. The van der Waals surface area contributed by atoms with E-state index in [0.29, 0.717) is 32.2 Å². The summed E-state index contributed by atoms with van der Waals surface area (Å²) in [5.74, 6) is 1.53. The zero-order chi connectivity index (χ0) is 22.5. The van der Waals surface area contributed by atoms with E-state index in [9.17, 15) is 9.59 Å². The third kappa shape index (κ3) is 6.46. The van der Waals surface area contributed by atoms with Gasteiger partial charge in [-0.1, -0.05) is 23.9 Å². The molecule has 0 radical (unpaired) electrons. The molecule has 0 bridgehead atoms. The number of nitrogens with zero attached hydrogens (tertiary/aromatic N) is 3. The number of carbonyl (C=O) groups is 2. The number of hydrogen-bond acceptors (Lipinski definition) is 7. The molecular formula is C23H29N3O4S2. The van der Waals surface area contributed by atoms with E-state index in [1.54, 1.807) is 16.9 Å². The first-order chi connectivity index (χ1) is 15.5. The number of aryl methyl sites for hydroxylation is 1. The summed E-state index contributed by atoms with van der Waals surface area (Å²) in [6.45, 7) is 4.09. The van der Waals surface area contributed by atoms with Gasteiger partial charge in [-0.05, 0) is 43.4 Å². The van der Waals surface area contributed by atoms with Gasteiger partial charge < -0.3 is 19.3 Å². The van der Waals surface area contributed by atoms with Gasteiger partial charge in [-0.2, -0.15) is 0 Å². The fraction of sp³-hybridized carbons (Fsp3) is 0.522. The van der Waals surface area contributed by atoms with Gasteiger partial charge in [-0.25, -0.2) is 4.98 Å². The van der Waals surface area contributed by atoms with Crippen molar-refractivity contribution in [3.63, 3.8) is 0 Å². The van der Waals surface area contributed by atoms with Crippen molar-refractivity contribution in [3.05, 3.63) is 40.9 Å². The van der Waals surface area contributed by atoms with Crippen molar-refractivity contribution in [1.82, 2.24) is 14.8 Å². The van der Waals surface area contributed by atoms with Gasteiger partial charge in [0.15, 0.2) is 4.34 Å². The quantitative estimate of drug-likeness (QED) is 0.519. The maximum Gasteiger partial charge on any atom is 0.242 e. The zero-order valence-corrected chi connectivity index (χ0v) is 20.1. The van der Waals surface area contributed by atoms with E-state index in [1.165, 1.54) is 35.9 Å².